The Morgan fingerprint density at radius 3 is 2.62 bits per heavy atom. The molecule has 1 aromatic rings. The van der Waals surface area contributed by atoms with Crippen LogP contribution in [0.1, 0.15) is 23.5 Å². The van der Waals surface area contributed by atoms with Crippen LogP contribution in [-0.2, 0) is 4.79 Å². The normalized spacial score (nSPS) is 22.6. The highest BCUT2D eigenvalue weighted by Crippen LogP contribution is 2.47. The maximum absolute atomic E-state index is 11.5. The van der Waals surface area contributed by atoms with E-state index in [1.54, 1.807) is 0 Å². The molecular formula is C12H15N3O. The molecule has 4 N–H and O–H groups in total. The van der Waals surface area contributed by atoms with Crippen LogP contribution in [0.5, 0.6) is 0 Å². The molecule has 0 saturated heterocycles. The molecule has 1 aliphatic rings. The summed E-state index contributed by atoms with van der Waals surface area (Å²) in [6.07, 6.45) is 0.849. The number of rotatable bonds is 2. The van der Waals surface area contributed by atoms with E-state index in [1.807, 2.05) is 19.1 Å². The maximum atomic E-state index is 11.5. The minimum atomic E-state index is -0.278. The van der Waals surface area contributed by atoms with Gasteiger partial charge in [0.15, 0.2) is 5.96 Å². The summed E-state index contributed by atoms with van der Waals surface area (Å²) in [4.78, 5) is 11.5. The number of aryl methyl sites for hydroxylation is 1. The Labute approximate surface area is 94.4 Å². The highest BCUT2D eigenvalue weighted by molar-refractivity contribution is 5.97. The number of hydrogen-bond donors (Lipinski definition) is 3. The van der Waals surface area contributed by atoms with E-state index >= 15 is 0 Å². The molecule has 0 spiro atoms. The summed E-state index contributed by atoms with van der Waals surface area (Å²) in [6, 6.07) is 8.21. The number of carbonyl (C=O) groups is 1. The second kappa shape index (κ2) is 3.96. The van der Waals surface area contributed by atoms with Crippen molar-refractivity contribution in [1.29, 1.82) is 5.41 Å². The van der Waals surface area contributed by atoms with Crippen LogP contribution in [-0.4, -0.2) is 11.9 Å². The summed E-state index contributed by atoms with van der Waals surface area (Å²) in [5.74, 6) is -0.149. The van der Waals surface area contributed by atoms with E-state index in [9.17, 15) is 4.79 Å². The number of amides is 1. The number of nitrogens with two attached hydrogens (primary N) is 1. The van der Waals surface area contributed by atoms with Gasteiger partial charge >= 0.3 is 0 Å². The Bertz CT molecular complexity index is 424. The SMILES string of the molecule is Cc1ccc([C@@H]2C[C@H]2C(=O)NC(=N)N)cc1. The van der Waals surface area contributed by atoms with E-state index in [0.717, 1.165) is 6.42 Å². The van der Waals surface area contributed by atoms with Crippen molar-refractivity contribution in [1.82, 2.24) is 5.32 Å². The van der Waals surface area contributed by atoms with Crippen LogP contribution >= 0.6 is 0 Å². The predicted molar refractivity (Wildman–Crippen MR) is 62.1 cm³/mol. The van der Waals surface area contributed by atoms with Crippen molar-refractivity contribution in [2.75, 3.05) is 0 Å². The minimum Gasteiger partial charge on any atom is -0.370 e. The molecule has 0 unspecified atom stereocenters. The fourth-order valence-corrected chi connectivity index (χ4v) is 1.89. The zero-order chi connectivity index (χ0) is 11.7. The third kappa shape index (κ3) is 2.21. The Hall–Kier alpha value is -1.84. The Kier molecular flexibility index (Phi) is 2.64. The molecule has 1 aromatic carbocycles. The predicted octanol–water partition coefficient (Wildman–Crippen LogP) is 1.11. The first kappa shape index (κ1) is 10.7. The average Bonchev–Trinajstić information content (AvgIpc) is 2.97. The first-order valence-corrected chi connectivity index (χ1v) is 5.29. The van der Waals surface area contributed by atoms with Crippen molar-refractivity contribution in [3.8, 4) is 0 Å². The van der Waals surface area contributed by atoms with Gasteiger partial charge in [0.2, 0.25) is 5.91 Å². The molecule has 4 nitrogen and oxygen atoms in total. The first-order chi connectivity index (χ1) is 7.58. The molecule has 1 aliphatic carbocycles. The standard InChI is InChI=1S/C12H15N3O/c1-7-2-4-8(5-3-7)9-6-10(9)11(16)15-12(13)14/h2-5,9-10H,6H2,1H3,(H4,13,14,15,16)/t9-,10+/m0/s1. The van der Waals surface area contributed by atoms with Crippen LogP contribution in [0.4, 0.5) is 0 Å². The zero-order valence-corrected chi connectivity index (χ0v) is 9.16. The lowest BCUT2D eigenvalue weighted by Crippen LogP contribution is -2.36. The van der Waals surface area contributed by atoms with E-state index in [4.69, 9.17) is 11.1 Å². The molecule has 4 heteroatoms. The topological polar surface area (TPSA) is 79.0 Å². The second-order valence-corrected chi connectivity index (χ2v) is 4.26. The molecule has 0 radical (unpaired) electrons. The molecule has 1 amide bonds. The van der Waals surface area contributed by atoms with Gasteiger partial charge in [0, 0.05) is 5.92 Å². The van der Waals surface area contributed by atoms with Gasteiger partial charge in [-0.25, -0.2) is 0 Å². The number of nitrogens with one attached hydrogen (secondary N) is 2. The molecule has 16 heavy (non-hydrogen) atoms. The van der Waals surface area contributed by atoms with Crippen molar-refractivity contribution >= 4 is 11.9 Å². The van der Waals surface area contributed by atoms with Gasteiger partial charge < -0.3 is 5.73 Å². The van der Waals surface area contributed by atoms with Gasteiger partial charge in [-0.1, -0.05) is 29.8 Å². The molecule has 2 atom stereocenters. The van der Waals surface area contributed by atoms with Crippen LogP contribution in [0.3, 0.4) is 0 Å². The quantitative estimate of drug-likeness (QED) is 0.512. The van der Waals surface area contributed by atoms with E-state index < -0.39 is 0 Å². The molecule has 84 valence electrons. The first-order valence-electron chi connectivity index (χ1n) is 5.29. The zero-order valence-electron chi connectivity index (χ0n) is 9.16. The van der Waals surface area contributed by atoms with Crippen molar-refractivity contribution < 1.29 is 4.79 Å². The van der Waals surface area contributed by atoms with Gasteiger partial charge in [0.1, 0.15) is 0 Å². The lowest BCUT2D eigenvalue weighted by atomic mass is 10.1. The molecular weight excluding hydrogens is 202 g/mol. The van der Waals surface area contributed by atoms with Crippen LogP contribution < -0.4 is 11.1 Å². The van der Waals surface area contributed by atoms with E-state index in [0.29, 0.717) is 5.92 Å². The Balaban J connectivity index is 1.98. The monoisotopic (exact) mass is 217 g/mol. The molecule has 0 aliphatic heterocycles. The molecule has 1 fully saturated rings. The van der Waals surface area contributed by atoms with Gasteiger partial charge in [0.05, 0.1) is 0 Å². The molecule has 0 bridgehead atoms. The van der Waals surface area contributed by atoms with Gasteiger partial charge in [-0.3, -0.25) is 15.5 Å². The lowest BCUT2D eigenvalue weighted by Gasteiger charge is -2.02. The van der Waals surface area contributed by atoms with E-state index in [2.05, 4.69) is 17.4 Å². The van der Waals surface area contributed by atoms with Crippen LogP contribution in [0, 0.1) is 18.3 Å². The summed E-state index contributed by atoms with van der Waals surface area (Å²) < 4.78 is 0. The van der Waals surface area contributed by atoms with E-state index in [1.165, 1.54) is 11.1 Å². The molecule has 2 rings (SSSR count). The largest absolute Gasteiger partial charge is 0.370 e. The van der Waals surface area contributed by atoms with E-state index in [-0.39, 0.29) is 17.8 Å². The summed E-state index contributed by atoms with van der Waals surface area (Å²) in [7, 11) is 0. The third-order valence-corrected chi connectivity index (χ3v) is 2.89. The van der Waals surface area contributed by atoms with Crippen LogP contribution in [0.15, 0.2) is 24.3 Å². The fourth-order valence-electron chi connectivity index (χ4n) is 1.89. The van der Waals surface area contributed by atoms with Crippen LogP contribution in [0.25, 0.3) is 0 Å². The smallest absolute Gasteiger partial charge is 0.230 e. The number of benzene rings is 1. The van der Waals surface area contributed by atoms with Crippen molar-refractivity contribution in [3.05, 3.63) is 35.4 Å². The highest BCUT2D eigenvalue weighted by atomic mass is 16.2. The summed E-state index contributed by atoms with van der Waals surface area (Å²) in [5.41, 5.74) is 7.52. The lowest BCUT2D eigenvalue weighted by molar-refractivity contribution is -0.121. The Morgan fingerprint density at radius 2 is 2.06 bits per heavy atom. The second-order valence-electron chi connectivity index (χ2n) is 4.26. The summed E-state index contributed by atoms with van der Waals surface area (Å²) >= 11 is 0. The van der Waals surface area contributed by atoms with Gasteiger partial charge in [-0.05, 0) is 24.8 Å². The summed E-state index contributed by atoms with van der Waals surface area (Å²) in [5, 5.41) is 9.33. The fraction of sp³-hybridized carbons (Fsp3) is 0.333. The van der Waals surface area contributed by atoms with Gasteiger partial charge in [-0.2, -0.15) is 0 Å². The van der Waals surface area contributed by atoms with Crippen molar-refractivity contribution in [2.45, 2.75) is 19.3 Å². The Morgan fingerprint density at radius 1 is 1.44 bits per heavy atom. The molecule has 1 saturated carbocycles. The summed E-state index contributed by atoms with van der Waals surface area (Å²) in [6.45, 7) is 2.04. The van der Waals surface area contributed by atoms with Crippen LogP contribution in [0.2, 0.25) is 0 Å². The minimum absolute atomic E-state index is 0.0217. The third-order valence-electron chi connectivity index (χ3n) is 2.89. The molecule has 0 heterocycles. The number of guanidine groups is 1. The maximum Gasteiger partial charge on any atom is 0.230 e. The average molecular weight is 217 g/mol. The van der Waals surface area contributed by atoms with Gasteiger partial charge in [0.25, 0.3) is 0 Å². The van der Waals surface area contributed by atoms with Crippen molar-refractivity contribution in [2.24, 2.45) is 11.7 Å². The van der Waals surface area contributed by atoms with Crippen molar-refractivity contribution in [3.63, 3.8) is 0 Å². The molecule has 0 aromatic heterocycles. The number of carbonyl (C=O) groups excluding carboxylic acids is 1. The number of hydrogen-bond acceptors (Lipinski definition) is 2. The highest BCUT2D eigenvalue weighted by Gasteiger charge is 2.43. The van der Waals surface area contributed by atoms with Gasteiger partial charge in [-0.15, -0.1) is 0 Å².